The molecule has 1 amide bonds. The number of benzene rings is 1. The summed E-state index contributed by atoms with van der Waals surface area (Å²) in [6.45, 7) is 6.17. The summed E-state index contributed by atoms with van der Waals surface area (Å²) in [6.07, 6.45) is 0.722. The van der Waals surface area contributed by atoms with Crippen molar-refractivity contribution < 1.29 is 9.53 Å². The van der Waals surface area contributed by atoms with Gasteiger partial charge in [-0.3, -0.25) is 4.79 Å². The summed E-state index contributed by atoms with van der Waals surface area (Å²) >= 11 is 0. The van der Waals surface area contributed by atoms with Gasteiger partial charge in [-0.2, -0.15) is 0 Å². The SMILES string of the molecule is CCC(C)(CN)C(=O)N[C@@H](C)c1cccc(OC)c1. The molecule has 4 nitrogen and oxygen atoms in total. The number of amides is 1. The number of carbonyl (C=O) groups excluding carboxylic acids is 1. The minimum atomic E-state index is -0.507. The summed E-state index contributed by atoms with van der Waals surface area (Å²) in [5.41, 5.74) is 6.21. The smallest absolute Gasteiger partial charge is 0.227 e. The minimum Gasteiger partial charge on any atom is -0.497 e. The molecule has 106 valence electrons. The number of hydrogen-bond donors (Lipinski definition) is 2. The maximum atomic E-state index is 12.2. The molecule has 0 saturated carbocycles. The zero-order valence-electron chi connectivity index (χ0n) is 12.2. The zero-order valence-corrected chi connectivity index (χ0v) is 12.2. The van der Waals surface area contributed by atoms with Crippen LogP contribution in [0.5, 0.6) is 5.75 Å². The van der Waals surface area contributed by atoms with E-state index in [1.807, 2.05) is 45.0 Å². The summed E-state index contributed by atoms with van der Waals surface area (Å²) < 4.78 is 5.19. The summed E-state index contributed by atoms with van der Waals surface area (Å²) in [5.74, 6) is 0.781. The highest BCUT2D eigenvalue weighted by molar-refractivity contribution is 5.82. The van der Waals surface area contributed by atoms with E-state index in [2.05, 4.69) is 5.32 Å². The van der Waals surface area contributed by atoms with Crippen molar-refractivity contribution >= 4 is 5.91 Å². The molecule has 0 aliphatic heterocycles. The van der Waals surface area contributed by atoms with Crippen LogP contribution in [0.15, 0.2) is 24.3 Å². The Morgan fingerprint density at radius 1 is 1.53 bits per heavy atom. The molecule has 1 rings (SSSR count). The summed E-state index contributed by atoms with van der Waals surface area (Å²) in [6, 6.07) is 7.63. The molecule has 0 heterocycles. The van der Waals surface area contributed by atoms with Gasteiger partial charge >= 0.3 is 0 Å². The van der Waals surface area contributed by atoms with Gasteiger partial charge in [-0.15, -0.1) is 0 Å². The van der Waals surface area contributed by atoms with Crippen LogP contribution in [0.4, 0.5) is 0 Å². The summed E-state index contributed by atoms with van der Waals surface area (Å²) in [7, 11) is 1.63. The molecule has 0 aromatic heterocycles. The predicted molar refractivity (Wildman–Crippen MR) is 77.0 cm³/mol. The first kappa shape index (κ1) is 15.5. The first-order valence-corrected chi connectivity index (χ1v) is 6.62. The van der Waals surface area contributed by atoms with Crippen LogP contribution in [-0.2, 0) is 4.79 Å². The van der Waals surface area contributed by atoms with Gasteiger partial charge in [0.25, 0.3) is 0 Å². The van der Waals surface area contributed by atoms with Gasteiger partial charge in [0.05, 0.1) is 18.6 Å². The zero-order chi connectivity index (χ0) is 14.5. The van der Waals surface area contributed by atoms with Crippen LogP contribution in [0.3, 0.4) is 0 Å². The second-order valence-electron chi connectivity index (χ2n) is 5.09. The van der Waals surface area contributed by atoms with Crippen LogP contribution < -0.4 is 15.8 Å². The number of ether oxygens (including phenoxy) is 1. The highest BCUT2D eigenvalue weighted by atomic mass is 16.5. The van der Waals surface area contributed by atoms with Gasteiger partial charge in [-0.1, -0.05) is 19.1 Å². The molecule has 0 radical (unpaired) electrons. The number of nitrogens with one attached hydrogen (secondary N) is 1. The molecule has 0 fully saturated rings. The van der Waals surface area contributed by atoms with E-state index >= 15 is 0 Å². The molecule has 2 atom stereocenters. The Morgan fingerprint density at radius 3 is 2.74 bits per heavy atom. The van der Waals surface area contributed by atoms with E-state index in [9.17, 15) is 4.79 Å². The lowest BCUT2D eigenvalue weighted by atomic mass is 9.86. The van der Waals surface area contributed by atoms with Gasteiger partial charge in [0.15, 0.2) is 0 Å². The number of carbonyl (C=O) groups is 1. The van der Waals surface area contributed by atoms with Crippen LogP contribution in [0.1, 0.15) is 38.8 Å². The van der Waals surface area contributed by atoms with Crippen molar-refractivity contribution in [2.75, 3.05) is 13.7 Å². The third kappa shape index (κ3) is 3.70. The Balaban J connectivity index is 2.79. The number of nitrogens with two attached hydrogens (primary N) is 1. The minimum absolute atomic E-state index is 0.00665. The molecule has 19 heavy (non-hydrogen) atoms. The fourth-order valence-electron chi connectivity index (χ4n) is 1.76. The van der Waals surface area contributed by atoms with Crippen molar-refractivity contribution in [2.45, 2.75) is 33.2 Å². The van der Waals surface area contributed by atoms with Gasteiger partial charge in [0, 0.05) is 6.54 Å². The topological polar surface area (TPSA) is 64.4 Å². The molecule has 1 aromatic carbocycles. The average molecular weight is 264 g/mol. The van der Waals surface area contributed by atoms with Gasteiger partial charge in [-0.25, -0.2) is 0 Å². The normalized spacial score (nSPS) is 15.4. The van der Waals surface area contributed by atoms with Gasteiger partial charge in [0.2, 0.25) is 5.91 Å². The fourth-order valence-corrected chi connectivity index (χ4v) is 1.76. The maximum absolute atomic E-state index is 12.2. The highest BCUT2D eigenvalue weighted by Crippen LogP contribution is 2.23. The Hall–Kier alpha value is -1.55. The largest absolute Gasteiger partial charge is 0.497 e. The van der Waals surface area contributed by atoms with E-state index in [-0.39, 0.29) is 11.9 Å². The lowest BCUT2D eigenvalue weighted by Gasteiger charge is -2.27. The van der Waals surface area contributed by atoms with Crippen molar-refractivity contribution in [1.82, 2.24) is 5.32 Å². The Morgan fingerprint density at radius 2 is 2.21 bits per heavy atom. The third-order valence-corrected chi connectivity index (χ3v) is 3.72. The number of rotatable bonds is 6. The fraction of sp³-hybridized carbons (Fsp3) is 0.533. The van der Waals surface area contributed by atoms with Crippen molar-refractivity contribution in [3.63, 3.8) is 0 Å². The third-order valence-electron chi connectivity index (χ3n) is 3.72. The van der Waals surface area contributed by atoms with E-state index in [1.165, 1.54) is 0 Å². The summed E-state index contributed by atoms with van der Waals surface area (Å²) in [5, 5.41) is 3.02. The van der Waals surface area contributed by atoms with E-state index in [4.69, 9.17) is 10.5 Å². The van der Waals surface area contributed by atoms with E-state index in [0.29, 0.717) is 6.54 Å². The molecule has 3 N–H and O–H groups in total. The van der Waals surface area contributed by atoms with Gasteiger partial charge < -0.3 is 15.8 Å². The van der Waals surface area contributed by atoms with Crippen LogP contribution in [0, 0.1) is 5.41 Å². The van der Waals surface area contributed by atoms with Crippen molar-refractivity contribution in [1.29, 1.82) is 0 Å². The quantitative estimate of drug-likeness (QED) is 0.828. The molecular formula is C15H24N2O2. The average Bonchev–Trinajstić information content (AvgIpc) is 2.46. The van der Waals surface area contributed by atoms with Gasteiger partial charge in [0.1, 0.15) is 5.75 Å². The van der Waals surface area contributed by atoms with Crippen molar-refractivity contribution in [3.8, 4) is 5.75 Å². The highest BCUT2D eigenvalue weighted by Gasteiger charge is 2.30. The van der Waals surface area contributed by atoms with E-state index in [0.717, 1.165) is 17.7 Å². The van der Waals surface area contributed by atoms with Crippen molar-refractivity contribution in [2.24, 2.45) is 11.1 Å². The Kier molecular flexibility index (Phi) is 5.36. The molecule has 4 heteroatoms. The van der Waals surface area contributed by atoms with Crippen molar-refractivity contribution in [3.05, 3.63) is 29.8 Å². The van der Waals surface area contributed by atoms with Gasteiger partial charge in [-0.05, 0) is 38.0 Å². The van der Waals surface area contributed by atoms with E-state index < -0.39 is 5.41 Å². The second-order valence-corrected chi connectivity index (χ2v) is 5.09. The molecule has 0 bridgehead atoms. The van der Waals surface area contributed by atoms with Crippen LogP contribution in [0.25, 0.3) is 0 Å². The second kappa shape index (κ2) is 6.57. The van der Waals surface area contributed by atoms with E-state index in [1.54, 1.807) is 7.11 Å². The summed E-state index contributed by atoms with van der Waals surface area (Å²) in [4.78, 5) is 12.2. The molecule has 1 aromatic rings. The van der Waals surface area contributed by atoms with Crippen LogP contribution in [-0.4, -0.2) is 19.6 Å². The first-order valence-electron chi connectivity index (χ1n) is 6.62. The Labute approximate surface area is 115 Å². The molecular weight excluding hydrogens is 240 g/mol. The predicted octanol–water partition coefficient (Wildman–Crippen LogP) is 2.25. The molecule has 1 unspecified atom stereocenters. The first-order chi connectivity index (χ1) is 8.96. The Bertz CT molecular complexity index is 428. The number of methoxy groups -OCH3 is 1. The lowest BCUT2D eigenvalue weighted by molar-refractivity contribution is -0.130. The lowest BCUT2D eigenvalue weighted by Crippen LogP contribution is -2.44. The van der Waals surface area contributed by atoms with Crippen LogP contribution in [0.2, 0.25) is 0 Å². The van der Waals surface area contributed by atoms with Crippen LogP contribution >= 0.6 is 0 Å². The standard InChI is InChI=1S/C15H24N2O2/c1-5-15(3,10-16)14(18)17-11(2)12-7-6-8-13(9-12)19-4/h6-9,11H,5,10,16H2,1-4H3,(H,17,18)/t11-,15?/m0/s1. The monoisotopic (exact) mass is 264 g/mol. The molecule has 0 spiro atoms. The maximum Gasteiger partial charge on any atom is 0.227 e. The molecule has 0 aliphatic carbocycles. The molecule has 0 aliphatic rings. The molecule has 0 saturated heterocycles. The number of hydrogen-bond acceptors (Lipinski definition) is 3.